The Morgan fingerprint density at radius 1 is 1.33 bits per heavy atom. The number of carbonyl (C=O) groups is 1. The van der Waals surface area contributed by atoms with Crippen molar-refractivity contribution in [2.45, 2.75) is 20.3 Å². The summed E-state index contributed by atoms with van der Waals surface area (Å²) in [6, 6.07) is 5.36. The molecule has 0 fully saturated rings. The first-order valence-corrected chi connectivity index (χ1v) is 7.06. The Hall–Kier alpha value is -0.900. The van der Waals surface area contributed by atoms with Crippen molar-refractivity contribution >= 4 is 40.3 Å². The number of thiazole rings is 1. The van der Waals surface area contributed by atoms with Gasteiger partial charge in [0.1, 0.15) is 5.01 Å². The standard InChI is InChI=1S/C13H11Cl2NOS/c1-3-11-12(7(2)17)18-13(16-11)8-4-5-9(14)10(15)6-8/h4-6H,3H2,1-2H3. The second-order valence-electron chi connectivity index (χ2n) is 3.83. The number of aryl methyl sites for hydroxylation is 1. The van der Waals surface area contributed by atoms with E-state index in [1.54, 1.807) is 19.1 Å². The van der Waals surface area contributed by atoms with Crippen LogP contribution in [0, 0.1) is 0 Å². The molecule has 0 aliphatic rings. The zero-order valence-electron chi connectivity index (χ0n) is 9.96. The van der Waals surface area contributed by atoms with E-state index >= 15 is 0 Å². The van der Waals surface area contributed by atoms with E-state index in [9.17, 15) is 4.79 Å². The summed E-state index contributed by atoms with van der Waals surface area (Å²) < 4.78 is 0. The number of hydrogen-bond acceptors (Lipinski definition) is 3. The second kappa shape index (κ2) is 5.39. The molecule has 5 heteroatoms. The van der Waals surface area contributed by atoms with Crippen molar-refractivity contribution in [3.8, 4) is 10.6 Å². The molecule has 0 atom stereocenters. The van der Waals surface area contributed by atoms with Crippen LogP contribution >= 0.6 is 34.5 Å². The van der Waals surface area contributed by atoms with Crippen molar-refractivity contribution in [1.29, 1.82) is 0 Å². The molecule has 0 radical (unpaired) electrons. The zero-order valence-corrected chi connectivity index (χ0v) is 12.3. The van der Waals surface area contributed by atoms with E-state index in [1.165, 1.54) is 11.3 Å². The highest BCUT2D eigenvalue weighted by Crippen LogP contribution is 2.32. The van der Waals surface area contributed by atoms with Gasteiger partial charge in [0.15, 0.2) is 5.78 Å². The summed E-state index contributed by atoms with van der Waals surface area (Å²) >= 11 is 13.3. The Bertz CT molecular complexity index is 607. The summed E-state index contributed by atoms with van der Waals surface area (Å²) in [5, 5.41) is 1.81. The fraction of sp³-hybridized carbons (Fsp3) is 0.231. The van der Waals surface area contributed by atoms with Gasteiger partial charge in [-0.05, 0) is 18.6 Å². The lowest BCUT2D eigenvalue weighted by Gasteiger charge is -1.98. The molecule has 1 heterocycles. The number of rotatable bonds is 3. The number of carbonyl (C=O) groups excluding carboxylic acids is 1. The summed E-state index contributed by atoms with van der Waals surface area (Å²) in [4.78, 5) is 16.7. The van der Waals surface area contributed by atoms with E-state index in [1.807, 2.05) is 13.0 Å². The van der Waals surface area contributed by atoms with Crippen LogP contribution in [0.15, 0.2) is 18.2 Å². The summed E-state index contributed by atoms with van der Waals surface area (Å²) in [7, 11) is 0. The molecule has 2 aromatic rings. The third-order valence-corrected chi connectivity index (χ3v) is 4.51. The molecule has 1 aromatic heterocycles. The number of benzene rings is 1. The Morgan fingerprint density at radius 3 is 2.56 bits per heavy atom. The monoisotopic (exact) mass is 299 g/mol. The van der Waals surface area contributed by atoms with Crippen LogP contribution in [0.2, 0.25) is 10.0 Å². The van der Waals surface area contributed by atoms with Gasteiger partial charge in [0.2, 0.25) is 0 Å². The first kappa shape index (κ1) is 13.5. The molecule has 0 aliphatic heterocycles. The van der Waals surface area contributed by atoms with Gasteiger partial charge in [-0.1, -0.05) is 36.2 Å². The normalized spacial score (nSPS) is 10.7. The smallest absolute Gasteiger partial charge is 0.171 e. The molecule has 0 unspecified atom stereocenters. The van der Waals surface area contributed by atoms with Gasteiger partial charge in [-0.3, -0.25) is 4.79 Å². The van der Waals surface area contributed by atoms with Crippen LogP contribution in [0.4, 0.5) is 0 Å². The minimum Gasteiger partial charge on any atom is -0.294 e. The van der Waals surface area contributed by atoms with Gasteiger partial charge in [0.25, 0.3) is 0 Å². The molecule has 0 saturated carbocycles. The highest BCUT2D eigenvalue weighted by molar-refractivity contribution is 7.17. The van der Waals surface area contributed by atoms with Crippen LogP contribution in [0.5, 0.6) is 0 Å². The highest BCUT2D eigenvalue weighted by Gasteiger charge is 2.15. The summed E-state index contributed by atoms with van der Waals surface area (Å²) in [6.45, 7) is 3.55. The van der Waals surface area contributed by atoms with E-state index in [0.29, 0.717) is 10.0 Å². The summed E-state index contributed by atoms with van der Waals surface area (Å²) in [5.41, 5.74) is 1.73. The largest absolute Gasteiger partial charge is 0.294 e. The Labute approximate surface area is 120 Å². The predicted molar refractivity (Wildman–Crippen MR) is 77.0 cm³/mol. The van der Waals surface area contributed by atoms with Crippen LogP contribution in [0.1, 0.15) is 29.2 Å². The first-order chi connectivity index (χ1) is 8.52. The first-order valence-electron chi connectivity index (χ1n) is 5.49. The second-order valence-corrected chi connectivity index (χ2v) is 5.65. The van der Waals surface area contributed by atoms with Crippen LogP contribution < -0.4 is 0 Å². The average Bonchev–Trinajstić information content (AvgIpc) is 2.77. The Balaban J connectivity index is 2.50. The molecule has 0 N–H and O–H groups in total. The quantitative estimate of drug-likeness (QED) is 0.756. The predicted octanol–water partition coefficient (Wildman–Crippen LogP) is 4.88. The van der Waals surface area contributed by atoms with Gasteiger partial charge < -0.3 is 0 Å². The summed E-state index contributed by atoms with van der Waals surface area (Å²) in [6.07, 6.45) is 0.743. The van der Waals surface area contributed by atoms with Gasteiger partial charge in [-0.15, -0.1) is 11.3 Å². The zero-order chi connectivity index (χ0) is 13.3. The van der Waals surface area contributed by atoms with Gasteiger partial charge in [-0.25, -0.2) is 4.98 Å². The van der Waals surface area contributed by atoms with Crippen LogP contribution in [0.25, 0.3) is 10.6 Å². The molecule has 0 aliphatic carbocycles. The summed E-state index contributed by atoms with van der Waals surface area (Å²) in [5.74, 6) is 0.0515. The fourth-order valence-electron chi connectivity index (χ4n) is 1.62. The minimum atomic E-state index is 0.0515. The van der Waals surface area contributed by atoms with Gasteiger partial charge in [0.05, 0.1) is 20.6 Å². The average molecular weight is 300 g/mol. The van der Waals surface area contributed by atoms with Crippen LogP contribution in [0.3, 0.4) is 0 Å². The van der Waals surface area contributed by atoms with E-state index in [0.717, 1.165) is 27.6 Å². The third kappa shape index (κ3) is 2.58. The number of Topliss-reactive ketones (excluding diaryl/α,β-unsaturated/α-hetero) is 1. The van der Waals surface area contributed by atoms with Crippen molar-refractivity contribution in [3.63, 3.8) is 0 Å². The molecule has 94 valence electrons. The molecule has 0 spiro atoms. The lowest BCUT2D eigenvalue weighted by atomic mass is 10.2. The van der Waals surface area contributed by atoms with Crippen molar-refractivity contribution in [1.82, 2.24) is 4.98 Å². The van der Waals surface area contributed by atoms with E-state index in [4.69, 9.17) is 23.2 Å². The SMILES string of the molecule is CCc1nc(-c2ccc(Cl)c(Cl)c2)sc1C(C)=O. The lowest BCUT2D eigenvalue weighted by molar-refractivity contribution is 0.102. The van der Waals surface area contributed by atoms with Gasteiger partial charge >= 0.3 is 0 Å². The molecule has 2 nitrogen and oxygen atoms in total. The van der Waals surface area contributed by atoms with Gasteiger partial charge in [0, 0.05) is 12.5 Å². The minimum absolute atomic E-state index is 0.0515. The number of ketones is 1. The van der Waals surface area contributed by atoms with E-state index in [-0.39, 0.29) is 5.78 Å². The Morgan fingerprint density at radius 2 is 2.06 bits per heavy atom. The van der Waals surface area contributed by atoms with Gasteiger partial charge in [-0.2, -0.15) is 0 Å². The van der Waals surface area contributed by atoms with E-state index in [2.05, 4.69) is 4.98 Å². The number of aromatic nitrogens is 1. The molecule has 0 bridgehead atoms. The lowest BCUT2D eigenvalue weighted by Crippen LogP contribution is -1.93. The topological polar surface area (TPSA) is 30.0 Å². The molecular formula is C13H11Cl2NOS. The molecule has 18 heavy (non-hydrogen) atoms. The maximum absolute atomic E-state index is 11.5. The molecule has 0 amide bonds. The Kier molecular flexibility index (Phi) is 4.05. The van der Waals surface area contributed by atoms with Crippen molar-refractivity contribution in [2.24, 2.45) is 0 Å². The maximum Gasteiger partial charge on any atom is 0.171 e. The van der Waals surface area contributed by atoms with Crippen molar-refractivity contribution < 1.29 is 4.79 Å². The molecule has 2 rings (SSSR count). The van der Waals surface area contributed by atoms with Crippen LogP contribution in [-0.4, -0.2) is 10.8 Å². The van der Waals surface area contributed by atoms with Crippen molar-refractivity contribution in [3.05, 3.63) is 38.8 Å². The van der Waals surface area contributed by atoms with E-state index < -0.39 is 0 Å². The highest BCUT2D eigenvalue weighted by atomic mass is 35.5. The number of hydrogen-bond donors (Lipinski definition) is 0. The molecule has 1 aromatic carbocycles. The third-order valence-electron chi connectivity index (χ3n) is 2.52. The van der Waals surface area contributed by atoms with Crippen LogP contribution in [-0.2, 0) is 6.42 Å². The number of halogens is 2. The molecular weight excluding hydrogens is 289 g/mol. The maximum atomic E-state index is 11.5. The molecule has 0 saturated heterocycles. The van der Waals surface area contributed by atoms with Crippen molar-refractivity contribution in [2.75, 3.05) is 0 Å². The fourth-order valence-corrected chi connectivity index (χ4v) is 2.96. The number of nitrogens with zero attached hydrogens (tertiary/aromatic N) is 1.